The lowest BCUT2D eigenvalue weighted by Gasteiger charge is -2.25. The first kappa shape index (κ1) is 19.4. The number of thioether (sulfide) groups is 1. The Bertz CT molecular complexity index is 980. The Kier molecular flexibility index (Phi) is 5.27. The average molecular weight is 413 g/mol. The second-order valence-electron chi connectivity index (χ2n) is 7.02. The van der Waals surface area contributed by atoms with Crippen molar-refractivity contribution in [3.8, 4) is 0 Å². The molecule has 1 fully saturated rings. The summed E-state index contributed by atoms with van der Waals surface area (Å²) in [5, 5.41) is 2.78. The van der Waals surface area contributed by atoms with Gasteiger partial charge in [-0.05, 0) is 61.6 Å². The van der Waals surface area contributed by atoms with Gasteiger partial charge in [-0.25, -0.2) is 4.39 Å². The molecule has 0 aromatic heterocycles. The van der Waals surface area contributed by atoms with Crippen LogP contribution in [0.4, 0.5) is 15.8 Å². The number of anilines is 2. The predicted octanol–water partition coefficient (Wildman–Crippen LogP) is 3.14. The first-order valence-corrected chi connectivity index (χ1v) is 10.6. The Morgan fingerprint density at radius 2 is 1.97 bits per heavy atom. The summed E-state index contributed by atoms with van der Waals surface area (Å²) in [6.07, 6.45) is 3.20. The molecule has 1 N–H and O–H groups in total. The highest BCUT2D eigenvalue weighted by Crippen LogP contribution is 2.32. The number of hydrogen-bond acceptors (Lipinski definition) is 4. The van der Waals surface area contributed by atoms with Gasteiger partial charge in [0.05, 0.1) is 11.3 Å². The van der Waals surface area contributed by atoms with Crippen molar-refractivity contribution in [2.45, 2.75) is 23.8 Å². The van der Waals surface area contributed by atoms with Crippen molar-refractivity contribution in [1.82, 2.24) is 4.90 Å². The SMILES string of the molecule is CSc1ccc(NC(=O)CN2C(=O)[C@H]3CCCN3C(=O)c3cc(F)ccc32)cc1. The van der Waals surface area contributed by atoms with Crippen molar-refractivity contribution in [3.63, 3.8) is 0 Å². The summed E-state index contributed by atoms with van der Waals surface area (Å²) in [6, 6.07) is 10.5. The van der Waals surface area contributed by atoms with E-state index < -0.39 is 11.9 Å². The zero-order valence-electron chi connectivity index (χ0n) is 15.9. The topological polar surface area (TPSA) is 69.7 Å². The first-order valence-electron chi connectivity index (χ1n) is 9.34. The minimum atomic E-state index is -0.619. The number of halogens is 1. The maximum atomic E-state index is 13.8. The summed E-state index contributed by atoms with van der Waals surface area (Å²) >= 11 is 1.60. The molecule has 3 amide bonds. The van der Waals surface area contributed by atoms with Gasteiger partial charge in [-0.3, -0.25) is 14.4 Å². The van der Waals surface area contributed by atoms with E-state index in [1.165, 1.54) is 21.9 Å². The van der Waals surface area contributed by atoms with E-state index in [9.17, 15) is 18.8 Å². The number of rotatable bonds is 4. The summed E-state index contributed by atoms with van der Waals surface area (Å²) in [6.45, 7) is 0.201. The Labute approximate surface area is 172 Å². The van der Waals surface area contributed by atoms with Gasteiger partial charge in [0.1, 0.15) is 18.4 Å². The molecule has 4 rings (SSSR count). The van der Waals surface area contributed by atoms with Crippen LogP contribution in [-0.2, 0) is 9.59 Å². The van der Waals surface area contributed by atoms with Crippen molar-refractivity contribution < 1.29 is 18.8 Å². The van der Waals surface area contributed by atoms with E-state index in [1.807, 2.05) is 18.4 Å². The summed E-state index contributed by atoms with van der Waals surface area (Å²) in [4.78, 5) is 42.5. The van der Waals surface area contributed by atoms with Crippen LogP contribution in [-0.4, -0.2) is 48.0 Å². The molecule has 0 spiro atoms. The van der Waals surface area contributed by atoms with Gasteiger partial charge in [-0.2, -0.15) is 0 Å². The lowest BCUT2D eigenvalue weighted by atomic mass is 10.1. The molecule has 6 nitrogen and oxygen atoms in total. The van der Waals surface area contributed by atoms with Gasteiger partial charge >= 0.3 is 0 Å². The molecule has 1 saturated heterocycles. The predicted molar refractivity (Wildman–Crippen MR) is 110 cm³/mol. The van der Waals surface area contributed by atoms with Crippen molar-refractivity contribution in [1.29, 1.82) is 0 Å². The highest BCUT2D eigenvalue weighted by Gasteiger charge is 2.42. The zero-order chi connectivity index (χ0) is 20.5. The van der Waals surface area contributed by atoms with Crippen LogP contribution < -0.4 is 10.2 Å². The van der Waals surface area contributed by atoms with E-state index in [-0.39, 0.29) is 35.5 Å². The third kappa shape index (κ3) is 3.72. The van der Waals surface area contributed by atoms with Crippen LogP contribution >= 0.6 is 11.8 Å². The minimum absolute atomic E-state index is 0.111. The Morgan fingerprint density at radius 1 is 1.21 bits per heavy atom. The van der Waals surface area contributed by atoms with Gasteiger partial charge in [-0.15, -0.1) is 11.8 Å². The van der Waals surface area contributed by atoms with Crippen LogP contribution in [0.25, 0.3) is 0 Å². The Morgan fingerprint density at radius 3 is 2.69 bits per heavy atom. The summed E-state index contributed by atoms with van der Waals surface area (Å²) in [5.74, 6) is -1.62. The molecule has 0 unspecified atom stereocenters. The third-order valence-electron chi connectivity index (χ3n) is 5.22. The highest BCUT2D eigenvalue weighted by atomic mass is 32.2. The highest BCUT2D eigenvalue weighted by molar-refractivity contribution is 7.98. The second kappa shape index (κ2) is 7.87. The quantitative estimate of drug-likeness (QED) is 0.782. The second-order valence-corrected chi connectivity index (χ2v) is 7.90. The number of benzene rings is 2. The van der Waals surface area contributed by atoms with E-state index >= 15 is 0 Å². The molecular weight excluding hydrogens is 393 g/mol. The van der Waals surface area contributed by atoms with Gasteiger partial charge in [0.2, 0.25) is 11.8 Å². The molecule has 8 heteroatoms. The number of nitrogens with zero attached hydrogens (tertiary/aromatic N) is 2. The molecule has 29 heavy (non-hydrogen) atoms. The standard InChI is InChI=1S/C21H20FN3O3S/c1-29-15-7-5-14(6-8-15)23-19(26)12-25-17-9-4-13(22)11-16(17)20(27)24-10-2-3-18(24)21(25)28/h4-9,11,18H,2-3,10,12H2,1H3,(H,23,26)/t18-/m1/s1. The van der Waals surface area contributed by atoms with Crippen LogP contribution in [0.5, 0.6) is 0 Å². The fraction of sp³-hybridized carbons (Fsp3) is 0.286. The summed E-state index contributed by atoms with van der Waals surface area (Å²) in [7, 11) is 0. The van der Waals surface area contributed by atoms with Gasteiger partial charge in [0.15, 0.2) is 0 Å². The summed E-state index contributed by atoms with van der Waals surface area (Å²) < 4.78 is 13.8. The molecule has 2 aliphatic heterocycles. The zero-order valence-corrected chi connectivity index (χ0v) is 16.7. The number of hydrogen-bond donors (Lipinski definition) is 1. The van der Waals surface area contributed by atoms with Crippen LogP contribution in [0.2, 0.25) is 0 Å². The Hall–Kier alpha value is -2.87. The van der Waals surface area contributed by atoms with Crippen LogP contribution in [0.3, 0.4) is 0 Å². The van der Waals surface area contributed by atoms with Gasteiger partial charge in [-0.1, -0.05) is 0 Å². The van der Waals surface area contributed by atoms with E-state index in [2.05, 4.69) is 5.32 Å². The largest absolute Gasteiger partial charge is 0.327 e. The van der Waals surface area contributed by atoms with Crippen molar-refractivity contribution in [2.75, 3.05) is 29.6 Å². The molecule has 2 aromatic carbocycles. The summed E-state index contributed by atoms with van der Waals surface area (Å²) in [5.41, 5.74) is 0.997. The molecule has 2 aromatic rings. The molecule has 0 radical (unpaired) electrons. The molecule has 2 aliphatic rings. The monoisotopic (exact) mass is 413 g/mol. The van der Waals surface area contributed by atoms with E-state index in [0.717, 1.165) is 11.0 Å². The van der Waals surface area contributed by atoms with Gasteiger partial charge in [0.25, 0.3) is 5.91 Å². The van der Waals surface area contributed by atoms with Gasteiger partial charge < -0.3 is 15.1 Å². The van der Waals surface area contributed by atoms with Crippen molar-refractivity contribution in [2.24, 2.45) is 0 Å². The third-order valence-corrected chi connectivity index (χ3v) is 5.96. The molecule has 2 heterocycles. The molecule has 1 atom stereocenters. The van der Waals surface area contributed by atoms with Crippen LogP contribution in [0.15, 0.2) is 47.4 Å². The molecular formula is C21H20FN3O3S. The van der Waals surface area contributed by atoms with E-state index in [0.29, 0.717) is 25.1 Å². The molecule has 0 saturated carbocycles. The van der Waals surface area contributed by atoms with Gasteiger partial charge in [0, 0.05) is 17.1 Å². The molecule has 150 valence electrons. The minimum Gasteiger partial charge on any atom is -0.327 e. The fourth-order valence-corrected chi connectivity index (χ4v) is 4.22. The lowest BCUT2D eigenvalue weighted by molar-refractivity contribution is -0.124. The lowest BCUT2D eigenvalue weighted by Crippen LogP contribution is -2.47. The number of carbonyl (C=O) groups excluding carboxylic acids is 3. The fourth-order valence-electron chi connectivity index (χ4n) is 3.82. The number of fused-ring (bicyclic) bond motifs is 2. The maximum Gasteiger partial charge on any atom is 0.256 e. The van der Waals surface area contributed by atoms with Crippen molar-refractivity contribution >= 4 is 40.9 Å². The maximum absolute atomic E-state index is 13.8. The van der Waals surface area contributed by atoms with E-state index in [4.69, 9.17) is 0 Å². The van der Waals surface area contributed by atoms with Crippen molar-refractivity contribution in [3.05, 3.63) is 53.8 Å². The number of amides is 3. The molecule has 0 aliphatic carbocycles. The van der Waals surface area contributed by atoms with E-state index in [1.54, 1.807) is 23.9 Å². The average Bonchev–Trinajstić information content (AvgIpc) is 3.19. The normalized spacial score (nSPS) is 18.3. The number of nitrogens with one attached hydrogen (secondary N) is 1. The molecule has 0 bridgehead atoms. The van der Waals surface area contributed by atoms with Crippen LogP contribution in [0.1, 0.15) is 23.2 Å². The Balaban J connectivity index is 1.62. The smallest absolute Gasteiger partial charge is 0.256 e. The number of carbonyl (C=O) groups is 3. The first-order chi connectivity index (χ1) is 14.0. The van der Waals surface area contributed by atoms with Crippen LogP contribution in [0, 0.1) is 5.82 Å².